The molecule has 0 saturated carbocycles. The first-order chi connectivity index (χ1) is 28.6. The Labute approximate surface area is 367 Å². The topological polar surface area (TPSA) is 185 Å². The van der Waals surface area contributed by atoms with Crippen LogP contribution < -0.4 is 24.4 Å². The number of carbonyl (C=O) groups excluding carboxylic acids is 1. The highest BCUT2D eigenvalue weighted by Crippen LogP contribution is 2.35. The lowest BCUT2D eigenvalue weighted by Gasteiger charge is -2.24. The standard InChI is InChI=1S/C41H62Cl2N8O7S2/c1-8-11-13-15-17-19-24-51(25-20-18-16-14-12-9-2)60(55,56)32-28-33(42)36(34(43)29-32)46-39(52)37(38-47-40(57-5)49-41(48-38)58-6)45-35-22-21-31(27-30(35)4)50(10-3)26-23-44-59(7,53)54/h21-22,27-29,44H,8-20,23-26H2,1-7H3,(H,46,52). The van der Waals surface area contributed by atoms with Gasteiger partial charge in [-0.2, -0.15) is 14.3 Å². The lowest BCUT2D eigenvalue weighted by Crippen LogP contribution is -2.34. The number of carbonyl (C=O) groups is 1. The number of ether oxygens (including phenoxy) is 2. The van der Waals surface area contributed by atoms with Gasteiger partial charge >= 0.3 is 12.0 Å². The number of unbranched alkanes of at least 4 members (excludes halogenated alkanes) is 10. The Kier molecular flexibility index (Phi) is 21.4. The number of aromatic nitrogens is 3. The number of aliphatic imine (C=N–C) groups is 1. The molecule has 0 atom stereocenters. The molecule has 0 unspecified atom stereocenters. The first-order valence-corrected chi connectivity index (χ1v) is 24.7. The third kappa shape index (κ3) is 16.0. The number of hydrogen-bond acceptors (Lipinski definition) is 12. The van der Waals surface area contributed by atoms with Gasteiger partial charge in [0.1, 0.15) is 0 Å². The Morgan fingerprint density at radius 1 is 0.767 bits per heavy atom. The van der Waals surface area contributed by atoms with Gasteiger partial charge in [0.2, 0.25) is 20.0 Å². The van der Waals surface area contributed by atoms with Crippen molar-refractivity contribution in [2.75, 3.05) is 63.4 Å². The van der Waals surface area contributed by atoms with E-state index in [9.17, 15) is 21.6 Å². The summed E-state index contributed by atoms with van der Waals surface area (Å²) in [7, 11) is -4.64. The molecule has 334 valence electrons. The molecule has 19 heteroatoms. The summed E-state index contributed by atoms with van der Waals surface area (Å²) in [5, 5.41) is 2.52. The fourth-order valence-electron chi connectivity index (χ4n) is 6.38. The molecule has 0 bridgehead atoms. The van der Waals surface area contributed by atoms with Gasteiger partial charge in [-0.05, 0) is 62.6 Å². The van der Waals surface area contributed by atoms with Crippen LogP contribution in [0.3, 0.4) is 0 Å². The second-order valence-electron chi connectivity index (χ2n) is 14.5. The predicted octanol–water partition coefficient (Wildman–Crippen LogP) is 8.35. The van der Waals surface area contributed by atoms with Crippen LogP contribution >= 0.6 is 23.2 Å². The Hall–Kier alpha value is -3.61. The summed E-state index contributed by atoms with van der Waals surface area (Å²) in [5.74, 6) is -1.00. The van der Waals surface area contributed by atoms with E-state index in [4.69, 9.17) is 32.7 Å². The van der Waals surface area contributed by atoms with Gasteiger partial charge in [-0.25, -0.2) is 26.6 Å². The molecular weight excluding hydrogens is 852 g/mol. The van der Waals surface area contributed by atoms with Crippen molar-refractivity contribution in [1.29, 1.82) is 0 Å². The second kappa shape index (κ2) is 25.4. The van der Waals surface area contributed by atoms with Gasteiger partial charge in [-0.1, -0.05) is 101 Å². The third-order valence-electron chi connectivity index (χ3n) is 9.71. The highest BCUT2D eigenvalue weighted by molar-refractivity contribution is 7.89. The van der Waals surface area contributed by atoms with Crippen molar-refractivity contribution >= 4 is 71.9 Å². The average Bonchev–Trinajstić information content (AvgIpc) is 3.21. The number of sulfonamides is 2. The summed E-state index contributed by atoms with van der Waals surface area (Å²) < 4.78 is 66.0. The van der Waals surface area contributed by atoms with Crippen molar-refractivity contribution in [2.24, 2.45) is 4.99 Å². The molecule has 3 rings (SSSR count). The third-order valence-corrected chi connectivity index (χ3v) is 12.9. The molecule has 0 aliphatic rings. The average molecular weight is 914 g/mol. The van der Waals surface area contributed by atoms with E-state index in [0.717, 1.165) is 89.0 Å². The zero-order chi connectivity index (χ0) is 44.3. The van der Waals surface area contributed by atoms with Gasteiger partial charge in [-0.15, -0.1) is 4.98 Å². The van der Waals surface area contributed by atoms with Gasteiger partial charge in [-0.3, -0.25) is 4.79 Å². The minimum atomic E-state index is -3.99. The summed E-state index contributed by atoms with van der Waals surface area (Å²) >= 11 is 13.5. The highest BCUT2D eigenvalue weighted by atomic mass is 35.5. The fraction of sp³-hybridized carbons (Fsp3) is 0.585. The molecule has 60 heavy (non-hydrogen) atoms. The number of anilines is 2. The highest BCUT2D eigenvalue weighted by Gasteiger charge is 2.28. The summed E-state index contributed by atoms with van der Waals surface area (Å²) in [5.41, 5.74) is 1.57. The number of halogens is 2. The number of aryl methyl sites for hydroxylation is 1. The second-order valence-corrected chi connectivity index (χ2v) is 19.1. The van der Waals surface area contributed by atoms with E-state index in [1.165, 1.54) is 30.7 Å². The summed E-state index contributed by atoms with van der Waals surface area (Å²) in [4.78, 5) is 33.4. The molecular formula is C41H62Cl2N8O7S2. The largest absolute Gasteiger partial charge is 0.467 e. The van der Waals surface area contributed by atoms with Crippen molar-refractivity contribution in [3.05, 3.63) is 51.8 Å². The van der Waals surface area contributed by atoms with E-state index >= 15 is 0 Å². The van der Waals surface area contributed by atoms with Gasteiger partial charge < -0.3 is 19.7 Å². The number of amides is 1. The number of rotatable bonds is 28. The van der Waals surface area contributed by atoms with Gasteiger partial charge in [0.05, 0.1) is 46.8 Å². The van der Waals surface area contributed by atoms with Crippen molar-refractivity contribution < 1.29 is 31.1 Å². The zero-order valence-electron chi connectivity index (χ0n) is 36.0. The lowest BCUT2D eigenvalue weighted by atomic mass is 10.1. The summed E-state index contributed by atoms with van der Waals surface area (Å²) in [6.07, 6.45) is 13.4. The van der Waals surface area contributed by atoms with Crippen LogP contribution in [-0.4, -0.2) is 101 Å². The van der Waals surface area contributed by atoms with E-state index in [1.54, 1.807) is 12.1 Å². The van der Waals surface area contributed by atoms with Crippen molar-refractivity contribution in [2.45, 2.75) is 110 Å². The van der Waals surface area contributed by atoms with E-state index < -0.39 is 26.0 Å². The smallest absolute Gasteiger partial charge is 0.322 e. The van der Waals surface area contributed by atoms with Crippen molar-refractivity contribution in [3.8, 4) is 12.0 Å². The molecule has 2 N–H and O–H groups in total. The summed E-state index contributed by atoms with van der Waals surface area (Å²) in [6.45, 7) is 10.1. The first-order valence-electron chi connectivity index (χ1n) is 20.6. The quantitative estimate of drug-likeness (QED) is 0.0527. The Bertz CT molecular complexity index is 2050. The van der Waals surface area contributed by atoms with Crippen LogP contribution in [0.2, 0.25) is 10.0 Å². The van der Waals surface area contributed by atoms with E-state index in [0.29, 0.717) is 37.4 Å². The molecule has 1 heterocycles. The summed E-state index contributed by atoms with van der Waals surface area (Å²) in [6, 6.07) is 7.70. The van der Waals surface area contributed by atoms with Crippen molar-refractivity contribution in [3.63, 3.8) is 0 Å². The molecule has 3 aromatic rings. The Balaban J connectivity index is 1.99. The molecule has 0 aliphatic heterocycles. The van der Waals surface area contributed by atoms with Crippen LogP contribution in [0.1, 0.15) is 109 Å². The molecule has 1 amide bonds. The number of nitrogens with zero attached hydrogens (tertiary/aromatic N) is 6. The number of benzene rings is 2. The number of nitrogens with one attached hydrogen (secondary N) is 2. The first kappa shape index (κ1) is 50.7. The molecule has 0 saturated heterocycles. The van der Waals surface area contributed by atoms with Crippen LogP contribution in [0.25, 0.3) is 0 Å². The van der Waals surface area contributed by atoms with Crippen LogP contribution in [-0.2, 0) is 24.8 Å². The molecule has 0 fully saturated rings. The van der Waals surface area contributed by atoms with Crippen LogP contribution in [0.4, 0.5) is 17.1 Å². The number of hydrogen-bond donors (Lipinski definition) is 2. The van der Waals surface area contributed by atoms with E-state index in [1.807, 2.05) is 24.8 Å². The molecule has 0 spiro atoms. The SMILES string of the molecule is CCCCCCCCN(CCCCCCCC)S(=O)(=O)c1cc(Cl)c(NC(=O)C(=Nc2ccc(N(CC)CCNS(C)(=O)=O)cc2C)c2nc(OC)nc(OC)n2)c(Cl)c1. The Morgan fingerprint density at radius 3 is 1.78 bits per heavy atom. The monoisotopic (exact) mass is 912 g/mol. The van der Waals surface area contributed by atoms with Crippen LogP contribution in [0.15, 0.2) is 40.2 Å². The normalized spacial score (nSPS) is 12.2. The number of likely N-dealkylation sites (N-methyl/N-ethyl adjacent to an activating group) is 1. The maximum atomic E-state index is 14.2. The fourth-order valence-corrected chi connectivity index (χ4v) is 9.12. The molecule has 2 aromatic carbocycles. The predicted molar refractivity (Wildman–Crippen MR) is 242 cm³/mol. The molecule has 0 aliphatic carbocycles. The Morgan fingerprint density at radius 2 is 1.30 bits per heavy atom. The van der Waals surface area contributed by atoms with E-state index in [2.05, 4.69) is 43.8 Å². The van der Waals surface area contributed by atoms with E-state index in [-0.39, 0.29) is 50.7 Å². The van der Waals surface area contributed by atoms with Gasteiger partial charge in [0.25, 0.3) is 5.91 Å². The minimum Gasteiger partial charge on any atom is -0.467 e. The number of methoxy groups -OCH3 is 2. The van der Waals surface area contributed by atoms with Crippen molar-refractivity contribution in [1.82, 2.24) is 24.0 Å². The molecule has 1 aromatic heterocycles. The maximum absolute atomic E-state index is 14.2. The maximum Gasteiger partial charge on any atom is 0.322 e. The lowest BCUT2D eigenvalue weighted by molar-refractivity contribution is -0.110. The minimum absolute atomic E-state index is 0.0327. The van der Waals surface area contributed by atoms with Gasteiger partial charge in [0.15, 0.2) is 11.5 Å². The zero-order valence-corrected chi connectivity index (χ0v) is 39.2. The van der Waals surface area contributed by atoms with Crippen LogP contribution in [0.5, 0.6) is 12.0 Å². The molecule has 0 radical (unpaired) electrons. The molecule has 15 nitrogen and oxygen atoms in total. The van der Waals surface area contributed by atoms with Crippen LogP contribution in [0, 0.1) is 6.92 Å². The van der Waals surface area contributed by atoms with Gasteiger partial charge in [0, 0.05) is 38.4 Å².